The van der Waals surface area contributed by atoms with Crippen molar-refractivity contribution in [3.8, 4) is 12.3 Å². The lowest BCUT2D eigenvalue weighted by molar-refractivity contribution is 0.463. The van der Waals surface area contributed by atoms with Crippen LogP contribution in [0.25, 0.3) is 0 Å². The summed E-state index contributed by atoms with van der Waals surface area (Å²) in [7, 11) is -3.53. The summed E-state index contributed by atoms with van der Waals surface area (Å²) in [5.41, 5.74) is 0.960. The van der Waals surface area contributed by atoms with Gasteiger partial charge in [-0.05, 0) is 26.5 Å². The minimum atomic E-state index is -3.53. The molecule has 21 heavy (non-hydrogen) atoms. The van der Waals surface area contributed by atoms with Gasteiger partial charge in [-0.15, -0.1) is 6.42 Å². The molecule has 5 nitrogen and oxygen atoms in total. The minimum Gasteiger partial charge on any atom is -0.346 e. The predicted octanol–water partition coefficient (Wildman–Crippen LogP) is 1.82. The number of sulfonamides is 1. The van der Waals surface area contributed by atoms with E-state index >= 15 is 0 Å². The third kappa shape index (κ3) is 4.10. The third-order valence-electron chi connectivity index (χ3n) is 3.28. The molecule has 0 atom stereocenters. The van der Waals surface area contributed by atoms with E-state index in [0.29, 0.717) is 18.0 Å². The highest BCUT2D eigenvalue weighted by molar-refractivity contribution is 7.89. The molecule has 0 fully saturated rings. The fourth-order valence-electron chi connectivity index (χ4n) is 2.13. The first-order valence-electron chi connectivity index (χ1n) is 7.23. The normalized spacial score (nSPS) is 12.0. The van der Waals surface area contributed by atoms with Crippen LogP contribution in [0.15, 0.2) is 17.2 Å². The summed E-state index contributed by atoms with van der Waals surface area (Å²) in [5.74, 6) is 2.40. The Labute approximate surface area is 128 Å². The molecule has 6 heteroatoms. The average molecular weight is 311 g/mol. The first kappa shape index (κ1) is 17.8. The van der Waals surface area contributed by atoms with Gasteiger partial charge in [-0.2, -0.15) is 4.31 Å². The van der Waals surface area contributed by atoms with Crippen molar-refractivity contribution >= 4 is 10.0 Å². The zero-order valence-electron chi connectivity index (χ0n) is 13.3. The molecule has 0 unspecified atom stereocenters. The van der Waals surface area contributed by atoms with Crippen molar-refractivity contribution in [3.63, 3.8) is 0 Å². The predicted molar refractivity (Wildman–Crippen MR) is 85.5 cm³/mol. The molecule has 0 saturated heterocycles. The molecule has 0 radical (unpaired) electrons. The number of nitrogens with one attached hydrogen (secondary N) is 1. The molecule has 0 aromatic carbocycles. The summed E-state index contributed by atoms with van der Waals surface area (Å²) in [5, 5.41) is 3.23. The second-order valence-corrected chi connectivity index (χ2v) is 7.02. The summed E-state index contributed by atoms with van der Waals surface area (Å²) in [6.07, 6.45) is 6.96. The maximum Gasteiger partial charge on any atom is 0.245 e. The van der Waals surface area contributed by atoms with Gasteiger partial charge in [-0.3, -0.25) is 0 Å². The Kier molecular flexibility index (Phi) is 6.46. The number of rotatable bonds is 8. The quantitative estimate of drug-likeness (QED) is 0.745. The van der Waals surface area contributed by atoms with Gasteiger partial charge in [0, 0.05) is 31.0 Å². The van der Waals surface area contributed by atoms with Crippen LogP contribution in [0.2, 0.25) is 0 Å². The van der Waals surface area contributed by atoms with E-state index in [1.165, 1.54) is 4.31 Å². The largest absolute Gasteiger partial charge is 0.346 e. The van der Waals surface area contributed by atoms with Gasteiger partial charge < -0.3 is 9.88 Å². The number of aromatic nitrogens is 1. The van der Waals surface area contributed by atoms with E-state index in [1.807, 2.05) is 25.3 Å². The molecule has 1 N–H and O–H groups in total. The topological polar surface area (TPSA) is 54.3 Å². The molecule has 1 aromatic rings. The lowest BCUT2D eigenvalue weighted by Gasteiger charge is -2.16. The molecular formula is C15H25N3O2S. The highest BCUT2D eigenvalue weighted by Crippen LogP contribution is 2.22. The van der Waals surface area contributed by atoms with Crippen molar-refractivity contribution in [2.75, 3.05) is 19.6 Å². The Bertz CT molecular complexity index is 597. The summed E-state index contributed by atoms with van der Waals surface area (Å²) < 4.78 is 28.5. The van der Waals surface area contributed by atoms with Gasteiger partial charge in [0.15, 0.2) is 0 Å². The van der Waals surface area contributed by atoms with Gasteiger partial charge in [0.1, 0.15) is 4.90 Å². The van der Waals surface area contributed by atoms with Gasteiger partial charge in [-0.25, -0.2) is 8.42 Å². The van der Waals surface area contributed by atoms with E-state index in [9.17, 15) is 8.42 Å². The van der Waals surface area contributed by atoms with Crippen molar-refractivity contribution in [2.24, 2.45) is 0 Å². The van der Waals surface area contributed by atoms with Crippen LogP contribution in [0, 0.1) is 12.3 Å². The fourth-order valence-corrected chi connectivity index (χ4v) is 3.55. The molecule has 0 aliphatic carbocycles. The molecule has 1 rings (SSSR count). The molecule has 0 spiro atoms. The molecule has 118 valence electrons. The van der Waals surface area contributed by atoms with Crippen LogP contribution in [-0.2, 0) is 16.6 Å². The van der Waals surface area contributed by atoms with E-state index in [2.05, 4.69) is 11.2 Å². The van der Waals surface area contributed by atoms with E-state index in [-0.39, 0.29) is 12.6 Å². The van der Waals surface area contributed by atoms with Crippen LogP contribution < -0.4 is 5.32 Å². The standard InChI is InChI=1S/C15H25N3O2S/c1-6-9-17(8-3)21(19,20)15-10-14(11-16-7-2)18(12-15)13(4)5/h1,10,12-13,16H,7-9,11H2,2-5H3. The Balaban J connectivity index is 3.21. The molecule has 1 aromatic heterocycles. The van der Waals surface area contributed by atoms with Crippen LogP contribution in [0.5, 0.6) is 0 Å². The van der Waals surface area contributed by atoms with Gasteiger partial charge in [-0.1, -0.05) is 19.8 Å². The molecule has 0 amide bonds. The van der Waals surface area contributed by atoms with Crippen LogP contribution >= 0.6 is 0 Å². The highest BCUT2D eigenvalue weighted by Gasteiger charge is 2.25. The zero-order chi connectivity index (χ0) is 16.0. The van der Waals surface area contributed by atoms with Crippen molar-refractivity contribution in [1.82, 2.24) is 14.2 Å². The highest BCUT2D eigenvalue weighted by atomic mass is 32.2. The van der Waals surface area contributed by atoms with Gasteiger partial charge in [0.25, 0.3) is 0 Å². The van der Waals surface area contributed by atoms with Crippen molar-refractivity contribution in [2.45, 2.75) is 45.2 Å². The molecule has 0 aliphatic rings. The number of hydrogen-bond acceptors (Lipinski definition) is 3. The Hall–Kier alpha value is -1.29. The molecular weight excluding hydrogens is 286 g/mol. The molecule has 0 saturated carbocycles. The van der Waals surface area contributed by atoms with Gasteiger partial charge in [0.05, 0.1) is 6.54 Å². The number of nitrogens with zero attached hydrogens (tertiary/aromatic N) is 2. The maximum atomic E-state index is 12.6. The van der Waals surface area contributed by atoms with Crippen LogP contribution in [0.3, 0.4) is 0 Å². The maximum absolute atomic E-state index is 12.6. The monoisotopic (exact) mass is 311 g/mol. The van der Waals surface area contributed by atoms with E-state index in [4.69, 9.17) is 6.42 Å². The Morgan fingerprint density at radius 1 is 1.43 bits per heavy atom. The van der Waals surface area contributed by atoms with Crippen molar-refractivity contribution < 1.29 is 8.42 Å². The molecule has 0 aliphatic heterocycles. The Morgan fingerprint density at radius 2 is 2.10 bits per heavy atom. The van der Waals surface area contributed by atoms with E-state index in [0.717, 1.165) is 12.2 Å². The van der Waals surface area contributed by atoms with Crippen LogP contribution in [0.4, 0.5) is 0 Å². The van der Waals surface area contributed by atoms with E-state index in [1.54, 1.807) is 19.2 Å². The van der Waals surface area contributed by atoms with E-state index < -0.39 is 10.0 Å². The smallest absolute Gasteiger partial charge is 0.245 e. The summed E-state index contributed by atoms with van der Waals surface area (Å²) in [6.45, 7) is 9.81. The SMILES string of the molecule is C#CCN(CC)S(=O)(=O)c1cc(CNCC)n(C(C)C)c1. The van der Waals surface area contributed by atoms with Crippen LogP contribution in [0.1, 0.15) is 39.4 Å². The molecule has 0 bridgehead atoms. The summed E-state index contributed by atoms with van der Waals surface area (Å²) in [4.78, 5) is 0.307. The third-order valence-corrected chi connectivity index (χ3v) is 5.16. The van der Waals surface area contributed by atoms with Gasteiger partial charge in [0.2, 0.25) is 10.0 Å². The number of hydrogen-bond donors (Lipinski definition) is 1. The van der Waals surface area contributed by atoms with Crippen LogP contribution in [-0.4, -0.2) is 36.9 Å². The van der Waals surface area contributed by atoms with Gasteiger partial charge >= 0.3 is 0 Å². The van der Waals surface area contributed by atoms with Crippen molar-refractivity contribution in [3.05, 3.63) is 18.0 Å². The first-order valence-corrected chi connectivity index (χ1v) is 8.67. The van der Waals surface area contributed by atoms with Crippen molar-refractivity contribution in [1.29, 1.82) is 0 Å². The first-order chi connectivity index (χ1) is 9.88. The summed E-state index contributed by atoms with van der Waals surface area (Å²) >= 11 is 0. The second kappa shape index (κ2) is 7.64. The second-order valence-electron chi connectivity index (χ2n) is 5.08. The lowest BCUT2D eigenvalue weighted by atomic mass is 10.3. The Morgan fingerprint density at radius 3 is 2.57 bits per heavy atom. The minimum absolute atomic E-state index is 0.0915. The fraction of sp³-hybridized carbons (Fsp3) is 0.600. The summed E-state index contributed by atoms with van der Waals surface area (Å²) in [6, 6.07) is 1.93. The number of terminal acetylenes is 1. The lowest BCUT2D eigenvalue weighted by Crippen LogP contribution is -2.31. The molecule has 1 heterocycles. The average Bonchev–Trinajstić information content (AvgIpc) is 2.87. The zero-order valence-corrected chi connectivity index (χ0v) is 14.1.